The average molecular weight is 278 g/mol. The van der Waals surface area contributed by atoms with Crippen LogP contribution in [-0.2, 0) is 10.8 Å². The summed E-state index contributed by atoms with van der Waals surface area (Å²) in [6.07, 6.45) is 2.74. The van der Waals surface area contributed by atoms with Crippen LogP contribution in [0.3, 0.4) is 0 Å². The van der Waals surface area contributed by atoms with Crippen LogP contribution in [0, 0.1) is 5.82 Å². The van der Waals surface area contributed by atoms with Crippen molar-refractivity contribution in [2.24, 2.45) is 5.73 Å². The quantitative estimate of drug-likeness (QED) is 0.812. The number of benzene rings is 1. The lowest BCUT2D eigenvalue weighted by Crippen LogP contribution is -2.14. The van der Waals surface area contributed by atoms with Crippen LogP contribution in [0.25, 0.3) is 0 Å². The third-order valence-electron chi connectivity index (χ3n) is 2.39. The molecule has 2 unspecified atom stereocenters. The van der Waals surface area contributed by atoms with E-state index in [1.54, 1.807) is 0 Å². The van der Waals surface area contributed by atoms with Crippen molar-refractivity contribution in [2.45, 2.75) is 37.1 Å². The molecule has 0 heterocycles. The van der Waals surface area contributed by atoms with Crippen LogP contribution in [0.2, 0.25) is 5.02 Å². The first-order chi connectivity index (χ1) is 8.00. The van der Waals surface area contributed by atoms with Gasteiger partial charge < -0.3 is 5.73 Å². The van der Waals surface area contributed by atoms with Crippen LogP contribution >= 0.6 is 11.6 Å². The van der Waals surface area contributed by atoms with Gasteiger partial charge in [-0.25, -0.2) is 4.39 Å². The van der Waals surface area contributed by atoms with Gasteiger partial charge in [0.15, 0.2) is 0 Å². The van der Waals surface area contributed by atoms with Crippen molar-refractivity contribution in [1.29, 1.82) is 0 Å². The summed E-state index contributed by atoms with van der Waals surface area (Å²) in [4.78, 5) is 0.581. The molecule has 1 aromatic carbocycles. The minimum absolute atomic E-state index is 0.0198. The van der Waals surface area contributed by atoms with Gasteiger partial charge in [0.2, 0.25) is 0 Å². The molecule has 0 aliphatic rings. The van der Waals surface area contributed by atoms with Gasteiger partial charge in [0.05, 0.1) is 15.8 Å². The number of halogens is 2. The highest BCUT2D eigenvalue weighted by Crippen LogP contribution is 2.19. The Hall–Kier alpha value is -0.450. The van der Waals surface area contributed by atoms with E-state index in [0.29, 0.717) is 10.6 Å². The molecule has 0 saturated carbocycles. The topological polar surface area (TPSA) is 43.1 Å². The number of unbranched alkanes of at least 4 members (excludes halogenated alkanes) is 1. The summed E-state index contributed by atoms with van der Waals surface area (Å²) >= 11 is 5.63. The van der Waals surface area contributed by atoms with Crippen LogP contribution in [0.5, 0.6) is 0 Å². The highest BCUT2D eigenvalue weighted by Gasteiger charge is 2.07. The first-order valence-corrected chi connectivity index (χ1v) is 7.29. The van der Waals surface area contributed by atoms with E-state index in [1.807, 2.05) is 6.92 Å². The molecular formula is C12H17ClFNOS. The molecule has 0 aromatic heterocycles. The van der Waals surface area contributed by atoms with Crippen LogP contribution < -0.4 is 5.73 Å². The Morgan fingerprint density at radius 1 is 1.47 bits per heavy atom. The van der Waals surface area contributed by atoms with Crippen molar-refractivity contribution >= 4 is 22.4 Å². The summed E-state index contributed by atoms with van der Waals surface area (Å²) in [5.41, 5.74) is 5.62. The van der Waals surface area contributed by atoms with Crippen molar-refractivity contribution in [1.82, 2.24) is 0 Å². The highest BCUT2D eigenvalue weighted by atomic mass is 35.5. The third-order valence-corrected chi connectivity index (χ3v) is 4.12. The number of hydrogen-bond acceptors (Lipinski definition) is 2. The largest absolute Gasteiger partial charge is 0.328 e. The van der Waals surface area contributed by atoms with E-state index in [4.69, 9.17) is 17.3 Å². The molecule has 0 bridgehead atoms. The summed E-state index contributed by atoms with van der Waals surface area (Å²) in [7, 11) is -1.11. The molecule has 5 heteroatoms. The van der Waals surface area contributed by atoms with Crippen molar-refractivity contribution < 1.29 is 8.60 Å². The molecule has 1 rings (SSSR count). The fourth-order valence-electron chi connectivity index (χ4n) is 1.44. The Balaban J connectivity index is 2.44. The van der Waals surface area contributed by atoms with Crippen molar-refractivity contribution in [3.8, 4) is 0 Å². The molecule has 0 amide bonds. The minimum atomic E-state index is -1.11. The fraction of sp³-hybridized carbons (Fsp3) is 0.500. The predicted molar refractivity (Wildman–Crippen MR) is 70.2 cm³/mol. The maximum atomic E-state index is 12.9. The van der Waals surface area contributed by atoms with E-state index in [-0.39, 0.29) is 11.1 Å². The lowest BCUT2D eigenvalue weighted by Gasteiger charge is -2.05. The first kappa shape index (κ1) is 14.6. The van der Waals surface area contributed by atoms with Gasteiger partial charge in [-0.15, -0.1) is 0 Å². The van der Waals surface area contributed by atoms with Crippen LogP contribution in [0.15, 0.2) is 23.1 Å². The number of nitrogens with two attached hydrogens (primary N) is 1. The molecular weight excluding hydrogens is 261 g/mol. The van der Waals surface area contributed by atoms with Crippen LogP contribution in [0.4, 0.5) is 4.39 Å². The molecule has 0 fully saturated rings. The molecule has 96 valence electrons. The average Bonchev–Trinajstić information content (AvgIpc) is 2.27. The van der Waals surface area contributed by atoms with Gasteiger partial charge in [-0.2, -0.15) is 0 Å². The third kappa shape index (κ3) is 5.15. The second kappa shape index (κ2) is 7.09. The Morgan fingerprint density at radius 3 is 2.76 bits per heavy atom. The molecule has 17 heavy (non-hydrogen) atoms. The summed E-state index contributed by atoms with van der Waals surface area (Å²) in [5.74, 6) is 0.0821. The molecule has 0 aliphatic heterocycles. The molecule has 0 saturated heterocycles. The lowest BCUT2D eigenvalue weighted by molar-refractivity contribution is 0.613. The first-order valence-electron chi connectivity index (χ1n) is 5.59. The molecule has 1 aromatic rings. The van der Waals surface area contributed by atoms with E-state index in [1.165, 1.54) is 18.2 Å². The standard InChI is InChI=1S/C12H17ClFNOS/c1-9(15)4-2-3-7-17(16)10-5-6-12(14)11(13)8-10/h5-6,8-9H,2-4,7,15H2,1H3. The number of hydrogen-bond donors (Lipinski definition) is 1. The highest BCUT2D eigenvalue weighted by molar-refractivity contribution is 7.85. The van der Waals surface area contributed by atoms with Gasteiger partial charge in [0.1, 0.15) is 5.82 Å². The van der Waals surface area contributed by atoms with Gasteiger partial charge in [-0.05, 0) is 38.0 Å². The monoisotopic (exact) mass is 277 g/mol. The van der Waals surface area contributed by atoms with Crippen LogP contribution in [0.1, 0.15) is 26.2 Å². The van der Waals surface area contributed by atoms with Gasteiger partial charge in [0.25, 0.3) is 0 Å². The molecule has 0 spiro atoms. The smallest absolute Gasteiger partial charge is 0.141 e. The Morgan fingerprint density at radius 2 is 2.18 bits per heavy atom. The van der Waals surface area contributed by atoms with E-state index in [0.717, 1.165) is 19.3 Å². The second-order valence-corrected chi connectivity index (χ2v) is 6.08. The molecule has 2 nitrogen and oxygen atoms in total. The Bertz CT molecular complexity index is 398. The maximum absolute atomic E-state index is 12.9. The van der Waals surface area contributed by atoms with E-state index >= 15 is 0 Å². The van der Waals surface area contributed by atoms with Crippen molar-refractivity contribution in [3.05, 3.63) is 29.0 Å². The predicted octanol–water partition coefficient (Wildman–Crippen LogP) is 3.10. The van der Waals surface area contributed by atoms with E-state index in [9.17, 15) is 8.60 Å². The summed E-state index contributed by atoms with van der Waals surface area (Å²) < 4.78 is 24.8. The minimum Gasteiger partial charge on any atom is -0.328 e. The van der Waals surface area contributed by atoms with E-state index < -0.39 is 16.6 Å². The normalized spacial score (nSPS) is 14.6. The lowest BCUT2D eigenvalue weighted by atomic mass is 10.2. The Labute approximate surface area is 109 Å². The molecule has 2 atom stereocenters. The van der Waals surface area contributed by atoms with Gasteiger partial charge in [0, 0.05) is 16.7 Å². The SMILES string of the molecule is CC(N)CCCCS(=O)c1ccc(F)c(Cl)c1. The van der Waals surface area contributed by atoms with Gasteiger partial charge in [-0.3, -0.25) is 4.21 Å². The molecule has 0 aliphatic carbocycles. The zero-order valence-corrected chi connectivity index (χ0v) is 11.4. The second-order valence-electron chi connectivity index (χ2n) is 4.10. The van der Waals surface area contributed by atoms with Crippen molar-refractivity contribution in [2.75, 3.05) is 5.75 Å². The zero-order valence-electron chi connectivity index (χ0n) is 9.79. The van der Waals surface area contributed by atoms with Gasteiger partial charge in [-0.1, -0.05) is 18.0 Å². The van der Waals surface area contributed by atoms with Crippen LogP contribution in [-0.4, -0.2) is 16.0 Å². The number of rotatable bonds is 6. The molecule has 2 N–H and O–H groups in total. The van der Waals surface area contributed by atoms with E-state index in [2.05, 4.69) is 0 Å². The van der Waals surface area contributed by atoms with Crippen molar-refractivity contribution in [3.63, 3.8) is 0 Å². The summed E-state index contributed by atoms with van der Waals surface area (Å²) in [6.45, 7) is 1.96. The summed E-state index contributed by atoms with van der Waals surface area (Å²) in [6, 6.07) is 4.38. The zero-order chi connectivity index (χ0) is 12.8. The van der Waals surface area contributed by atoms with Gasteiger partial charge >= 0.3 is 0 Å². The maximum Gasteiger partial charge on any atom is 0.141 e. The summed E-state index contributed by atoms with van der Waals surface area (Å²) in [5, 5.41) is 0.0198. The molecule has 0 radical (unpaired) electrons. The fourth-order valence-corrected chi connectivity index (χ4v) is 2.85. The Kier molecular flexibility index (Phi) is 6.09.